The molecule has 8 nitrogen and oxygen atoms in total. The second-order valence-corrected chi connectivity index (χ2v) is 7.06. The second kappa shape index (κ2) is 7.73. The van der Waals surface area contributed by atoms with Gasteiger partial charge in [0.2, 0.25) is 5.91 Å². The molecule has 0 spiro atoms. The van der Waals surface area contributed by atoms with Gasteiger partial charge in [0.05, 0.1) is 23.8 Å². The van der Waals surface area contributed by atoms with Gasteiger partial charge in [0, 0.05) is 29.1 Å². The van der Waals surface area contributed by atoms with E-state index in [4.69, 9.17) is 0 Å². The van der Waals surface area contributed by atoms with Crippen LogP contribution < -0.4 is 10.9 Å². The first kappa shape index (κ1) is 18.1. The van der Waals surface area contributed by atoms with Gasteiger partial charge >= 0.3 is 0 Å². The van der Waals surface area contributed by atoms with Crippen LogP contribution in [-0.2, 0) is 17.9 Å². The fraction of sp³-hybridized carbons (Fsp3) is 0.105. The predicted octanol–water partition coefficient (Wildman–Crippen LogP) is 2.44. The van der Waals surface area contributed by atoms with Crippen LogP contribution in [0.3, 0.4) is 0 Å². The molecule has 1 amide bonds. The molecule has 0 radical (unpaired) electrons. The Balaban J connectivity index is 1.46. The van der Waals surface area contributed by atoms with Gasteiger partial charge in [-0.2, -0.15) is 5.10 Å². The largest absolute Gasteiger partial charge is 0.308 e. The third-order valence-electron chi connectivity index (χ3n) is 4.08. The molecule has 3 aromatic heterocycles. The van der Waals surface area contributed by atoms with Crippen molar-refractivity contribution in [1.82, 2.24) is 24.3 Å². The number of amides is 1. The zero-order valence-corrected chi connectivity index (χ0v) is 16.2. The Kier molecular flexibility index (Phi) is 4.98. The lowest BCUT2D eigenvalue weighted by Gasteiger charge is -2.07. The van der Waals surface area contributed by atoms with Gasteiger partial charge in [0.25, 0.3) is 5.56 Å². The van der Waals surface area contributed by atoms with E-state index in [1.54, 1.807) is 41.5 Å². The quantitative estimate of drug-likeness (QED) is 0.516. The first-order valence-electron chi connectivity index (χ1n) is 8.45. The molecule has 3 heterocycles. The first-order valence-corrected chi connectivity index (χ1v) is 9.25. The second-order valence-electron chi connectivity index (χ2n) is 6.15. The summed E-state index contributed by atoms with van der Waals surface area (Å²) in [5.41, 5.74) is 1.31. The highest BCUT2D eigenvalue weighted by atomic mass is 79.9. The lowest BCUT2D eigenvalue weighted by molar-refractivity contribution is -0.116. The highest BCUT2D eigenvalue weighted by Gasteiger charge is 2.10. The van der Waals surface area contributed by atoms with Crippen molar-refractivity contribution in [2.75, 3.05) is 5.32 Å². The van der Waals surface area contributed by atoms with Crippen molar-refractivity contribution in [3.63, 3.8) is 0 Å². The molecule has 4 aromatic rings. The molecule has 9 heteroatoms. The molecule has 1 N–H and O–H groups in total. The smallest absolute Gasteiger partial charge is 0.261 e. The molecule has 140 valence electrons. The van der Waals surface area contributed by atoms with Gasteiger partial charge in [-0.1, -0.05) is 22.0 Å². The number of nitrogens with zero attached hydrogens (tertiary/aromatic N) is 5. The van der Waals surface area contributed by atoms with Crippen molar-refractivity contribution in [2.24, 2.45) is 0 Å². The number of aromatic nitrogens is 5. The number of rotatable bonds is 5. The van der Waals surface area contributed by atoms with Crippen molar-refractivity contribution < 1.29 is 4.79 Å². The highest BCUT2D eigenvalue weighted by molar-refractivity contribution is 9.10. The van der Waals surface area contributed by atoms with Gasteiger partial charge in [-0.05, 0) is 29.8 Å². The Morgan fingerprint density at radius 1 is 1.21 bits per heavy atom. The fourth-order valence-electron chi connectivity index (χ4n) is 2.78. The van der Waals surface area contributed by atoms with Crippen LogP contribution in [0.1, 0.15) is 5.56 Å². The Morgan fingerprint density at radius 2 is 2.11 bits per heavy atom. The molecule has 1 aromatic carbocycles. The molecular formula is C19H15BrN6O2. The summed E-state index contributed by atoms with van der Waals surface area (Å²) in [6.07, 6.45) is 6.61. The minimum absolute atomic E-state index is 0.149. The topological polar surface area (TPSA) is 94.7 Å². The van der Waals surface area contributed by atoms with Gasteiger partial charge in [0.1, 0.15) is 6.54 Å². The molecule has 0 saturated heterocycles. The van der Waals surface area contributed by atoms with E-state index in [2.05, 4.69) is 36.3 Å². The van der Waals surface area contributed by atoms with E-state index in [1.807, 2.05) is 18.2 Å². The van der Waals surface area contributed by atoms with Crippen LogP contribution in [0.25, 0.3) is 10.9 Å². The average molecular weight is 439 g/mol. The number of fused-ring (bicyclic) bond motifs is 1. The zero-order chi connectivity index (χ0) is 19.5. The summed E-state index contributed by atoms with van der Waals surface area (Å²) < 4.78 is 3.75. The van der Waals surface area contributed by atoms with Crippen molar-refractivity contribution in [2.45, 2.75) is 13.1 Å². The maximum absolute atomic E-state index is 12.6. The average Bonchev–Trinajstić information content (AvgIpc) is 3.12. The van der Waals surface area contributed by atoms with Crippen molar-refractivity contribution in [3.8, 4) is 0 Å². The van der Waals surface area contributed by atoms with Gasteiger partial charge in [0.15, 0.2) is 5.82 Å². The maximum atomic E-state index is 12.6. The number of halogens is 1. The minimum atomic E-state index is -0.357. The molecular weight excluding hydrogens is 424 g/mol. The van der Waals surface area contributed by atoms with E-state index in [0.717, 1.165) is 10.0 Å². The summed E-state index contributed by atoms with van der Waals surface area (Å²) in [6, 6.07) is 10.8. The molecule has 0 saturated carbocycles. The third kappa shape index (κ3) is 3.99. The Hall–Kier alpha value is -3.33. The summed E-state index contributed by atoms with van der Waals surface area (Å²) >= 11 is 3.34. The van der Waals surface area contributed by atoms with Crippen LogP contribution in [0.2, 0.25) is 0 Å². The maximum Gasteiger partial charge on any atom is 0.261 e. The summed E-state index contributed by atoms with van der Waals surface area (Å²) in [7, 11) is 0. The summed E-state index contributed by atoms with van der Waals surface area (Å²) in [5.74, 6) is 0.0586. The van der Waals surface area contributed by atoms with Crippen LogP contribution >= 0.6 is 15.9 Å². The number of pyridine rings is 1. The summed E-state index contributed by atoms with van der Waals surface area (Å²) in [5, 5.41) is 7.47. The van der Waals surface area contributed by atoms with Crippen LogP contribution in [0.5, 0.6) is 0 Å². The third-order valence-corrected chi connectivity index (χ3v) is 4.57. The number of carbonyl (C=O) groups excluding carboxylic acids is 1. The number of nitrogens with one attached hydrogen (secondary N) is 1. The number of hydrogen-bond donors (Lipinski definition) is 1. The predicted molar refractivity (Wildman–Crippen MR) is 108 cm³/mol. The summed E-state index contributed by atoms with van der Waals surface area (Å²) in [4.78, 5) is 33.2. The summed E-state index contributed by atoms with van der Waals surface area (Å²) in [6.45, 7) is 0.399. The van der Waals surface area contributed by atoms with E-state index >= 15 is 0 Å². The van der Waals surface area contributed by atoms with Crippen molar-refractivity contribution in [3.05, 3.63) is 81.7 Å². The number of hydrogen-bond acceptors (Lipinski definition) is 5. The van der Waals surface area contributed by atoms with Gasteiger partial charge < -0.3 is 5.32 Å². The number of carbonyl (C=O) groups is 1. The molecule has 0 aliphatic heterocycles. The molecule has 28 heavy (non-hydrogen) atoms. The van der Waals surface area contributed by atoms with Crippen LogP contribution in [0.15, 0.2) is 70.6 Å². The Labute approximate surface area is 168 Å². The lowest BCUT2D eigenvalue weighted by atomic mass is 10.2. The minimum Gasteiger partial charge on any atom is -0.308 e. The lowest BCUT2D eigenvalue weighted by Crippen LogP contribution is -2.28. The van der Waals surface area contributed by atoms with Crippen LogP contribution in [0.4, 0.5) is 5.82 Å². The first-order chi connectivity index (χ1) is 13.6. The number of anilines is 1. The zero-order valence-electron chi connectivity index (χ0n) is 14.6. The van der Waals surface area contributed by atoms with Gasteiger partial charge in [-0.25, -0.2) is 4.98 Å². The van der Waals surface area contributed by atoms with Crippen LogP contribution in [0, 0.1) is 0 Å². The highest BCUT2D eigenvalue weighted by Crippen LogP contribution is 2.14. The van der Waals surface area contributed by atoms with E-state index in [-0.39, 0.29) is 18.0 Å². The van der Waals surface area contributed by atoms with E-state index in [1.165, 1.54) is 10.9 Å². The molecule has 0 bridgehead atoms. The fourth-order valence-corrected chi connectivity index (χ4v) is 3.14. The molecule has 0 fully saturated rings. The van der Waals surface area contributed by atoms with E-state index < -0.39 is 0 Å². The molecule has 0 aliphatic rings. The monoisotopic (exact) mass is 438 g/mol. The number of benzene rings is 1. The molecule has 0 aliphatic carbocycles. The molecule has 0 unspecified atom stereocenters. The SMILES string of the molecule is O=C(Cn1cnc2ccc(Br)cc2c1=O)Nc1ccn(Cc2cccnc2)n1. The standard InChI is InChI=1S/C19H15BrN6O2/c20-14-3-4-16-15(8-14)19(28)25(12-22-16)11-18(27)23-17-5-7-26(24-17)10-13-2-1-6-21-9-13/h1-9,12H,10-11H2,(H,23,24,27). The normalized spacial score (nSPS) is 10.9. The van der Waals surface area contributed by atoms with Gasteiger partial charge in [-0.3, -0.25) is 23.8 Å². The molecule has 4 rings (SSSR count). The van der Waals surface area contributed by atoms with Crippen molar-refractivity contribution >= 4 is 38.6 Å². The van der Waals surface area contributed by atoms with Crippen LogP contribution in [-0.4, -0.2) is 30.2 Å². The Bertz CT molecular complexity index is 1200. The van der Waals surface area contributed by atoms with E-state index in [9.17, 15) is 9.59 Å². The van der Waals surface area contributed by atoms with Crippen molar-refractivity contribution in [1.29, 1.82) is 0 Å². The Morgan fingerprint density at radius 3 is 2.93 bits per heavy atom. The van der Waals surface area contributed by atoms with Gasteiger partial charge in [-0.15, -0.1) is 0 Å². The molecule has 0 atom stereocenters. The van der Waals surface area contributed by atoms with E-state index in [0.29, 0.717) is 23.3 Å².